The first-order valence-corrected chi connectivity index (χ1v) is 9.84. The van der Waals surface area contributed by atoms with Crippen molar-refractivity contribution in [2.75, 3.05) is 6.61 Å². The summed E-state index contributed by atoms with van der Waals surface area (Å²) in [5, 5.41) is 11.2. The molecule has 0 bridgehead atoms. The standard InChI is InChI=1S/C14H29NO3Si/c1-8-9-12(2)13(15(16)17)10-11-18-19(6,7)14(3,4)5/h8-9,12-13H,10-11H2,1-7H3/b9-8+/t12-,13-/m0/s1. The minimum Gasteiger partial charge on any atom is -0.417 e. The van der Waals surface area contributed by atoms with E-state index in [1.165, 1.54) is 0 Å². The van der Waals surface area contributed by atoms with Crippen LogP contribution in [0.1, 0.15) is 41.0 Å². The first-order valence-electron chi connectivity index (χ1n) is 6.93. The molecule has 0 aliphatic rings. The Morgan fingerprint density at radius 2 is 1.89 bits per heavy atom. The van der Waals surface area contributed by atoms with Crippen LogP contribution in [0, 0.1) is 16.0 Å². The summed E-state index contributed by atoms with van der Waals surface area (Å²) in [6.45, 7) is 15.1. The molecular formula is C14H29NO3Si. The van der Waals surface area contributed by atoms with Gasteiger partial charge in [-0.1, -0.05) is 39.8 Å². The fraction of sp³-hybridized carbons (Fsp3) is 0.857. The maximum absolute atomic E-state index is 11.1. The van der Waals surface area contributed by atoms with E-state index in [1.807, 2.05) is 26.0 Å². The molecule has 0 heterocycles. The molecule has 0 aliphatic heterocycles. The Hall–Kier alpha value is -0.683. The van der Waals surface area contributed by atoms with Gasteiger partial charge < -0.3 is 4.43 Å². The van der Waals surface area contributed by atoms with Crippen molar-refractivity contribution in [3.05, 3.63) is 22.3 Å². The van der Waals surface area contributed by atoms with Crippen LogP contribution in [0.15, 0.2) is 12.2 Å². The monoisotopic (exact) mass is 287 g/mol. The second kappa shape index (κ2) is 7.19. The van der Waals surface area contributed by atoms with E-state index in [9.17, 15) is 10.1 Å². The van der Waals surface area contributed by atoms with E-state index in [0.717, 1.165) is 0 Å². The molecule has 0 aromatic rings. The van der Waals surface area contributed by atoms with Gasteiger partial charge in [0.15, 0.2) is 8.32 Å². The van der Waals surface area contributed by atoms with Crippen LogP contribution < -0.4 is 0 Å². The molecule has 0 unspecified atom stereocenters. The number of nitrogens with zero attached hydrogens (tertiary/aromatic N) is 1. The SMILES string of the molecule is C/C=C/[C@H](C)[C@H](CCO[Si](C)(C)C(C)(C)C)[N+](=O)[O-]. The fourth-order valence-corrected chi connectivity index (χ4v) is 2.70. The van der Waals surface area contributed by atoms with Crippen LogP contribution in [0.4, 0.5) is 0 Å². The largest absolute Gasteiger partial charge is 0.417 e. The number of allylic oxidation sites excluding steroid dienone is 1. The summed E-state index contributed by atoms with van der Waals surface area (Å²) >= 11 is 0. The molecule has 0 aromatic heterocycles. The molecule has 0 saturated carbocycles. The molecule has 0 N–H and O–H groups in total. The van der Waals surface area contributed by atoms with Gasteiger partial charge in [-0.05, 0) is 25.1 Å². The summed E-state index contributed by atoms with van der Waals surface area (Å²) in [5.41, 5.74) is 0. The van der Waals surface area contributed by atoms with Crippen LogP contribution in [-0.4, -0.2) is 25.9 Å². The average Bonchev–Trinajstić information content (AvgIpc) is 2.22. The highest BCUT2D eigenvalue weighted by atomic mass is 28.4. The molecule has 0 fully saturated rings. The van der Waals surface area contributed by atoms with Crippen molar-refractivity contribution in [2.45, 2.75) is 65.2 Å². The van der Waals surface area contributed by atoms with Gasteiger partial charge in [-0.3, -0.25) is 10.1 Å². The lowest BCUT2D eigenvalue weighted by Crippen LogP contribution is -2.42. The zero-order valence-corrected chi connectivity index (χ0v) is 14.4. The molecule has 0 rings (SSSR count). The van der Waals surface area contributed by atoms with Crippen molar-refractivity contribution in [1.82, 2.24) is 0 Å². The number of hydrogen-bond acceptors (Lipinski definition) is 3. The van der Waals surface area contributed by atoms with Gasteiger partial charge in [0.25, 0.3) is 0 Å². The van der Waals surface area contributed by atoms with Crippen molar-refractivity contribution < 1.29 is 9.35 Å². The molecule has 5 heteroatoms. The van der Waals surface area contributed by atoms with Gasteiger partial charge in [0.1, 0.15) is 0 Å². The molecule has 4 nitrogen and oxygen atoms in total. The van der Waals surface area contributed by atoms with Crippen molar-refractivity contribution >= 4 is 8.32 Å². The molecule has 2 atom stereocenters. The molecule has 0 radical (unpaired) electrons. The van der Waals surface area contributed by atoms with E-state index < -0.39 is 14.4 Å². The molecule has 0 amide bonds. The maximum Gasteiger partial charge on any atom is 0.221 e. The average molecular weight is 287 g/mol. The highest BCUT2D eigenvalue weighted by Crippen LogP contribution is 2.36. The predicted octanol–water partition coefficient (Wildman–Crippen LogP) is 4.26. The zero-order valence-electron chi connectivity index (χ0n) is 13.4. The van der Waals surface area contributed by atoms with Crippen molar-refractivity contribution in [3.8, 4) is 0 Å². The highest BCUT2D eigenvalue weighted by Gasteiger charge is 2.37. The van der Waals surface area contributed by atoms with E-state index in [4.69, 9.17) is 4.43 Å². The van der Waals surface area contributed by atoms with Gasteiger partial charge in [0, 0.05) is 23.9 Å². The summed E-state index contributed by atoms with van der Waals surface area (Å²) in [5.74, 6) is -0.0528. The van der Waals surface area contributed by atoms with Crippen molar-refractivity contribution in [1.29, 1.82) is 0 Å². The van der Waals surface area contributed by atoms with Gasteiger partial charge >= 0.3 is 0 Å². The molecule has 0 spiro atoms. The smallest absolute Gasteiger partial charge is 0.221 e. The van der Waals surface area contributed by atoms with Crippen molar-refractivity contribution in [2.24, 2.45) is 5.92 Å². The summed E-state index contributed by atoms with van der Waals surface area (Å²) < 4.78 is 6.01. The van der Waals surface area contributed by atoms with Crippen LogP contribution in [0.25, 0.3) is 0 Å². The Kier molecular flexibility index (Phi) is 6.93. The third-order valence-electron chi connectivity index (χ3n) is 4.06. The quantitative estimate of drug-likeness (QED) is 0.304. The number of rotatable bonds is 7. The lowest BCUT2D eigenvalue weighted by Gasteiger charge is -2.36. The fourth-order valence-electron chi connectivity index (χ4n) is 1.64. The molecular weight excluding hydrogens is 258 g/mol. The Morgan fingerprint density at radius 1 is 1.37 bits per heavy atom. The predicted molar refractivity (Wildman–Crippen MR) is 82.5 cm³/mol. The minimum atomic E-state index is -1.80. The van der Waals surface area contributed by atoms with Gasteiger partial charge in [-0.2, -0.15) is 0 Å². The normalized spacial score (nSPS) is 16.6. The third kappa shape index (κ3) is 5.87. The highest BCUT2D eigenvalue weighted by molar-refractivity contribution is 6.74. The molecule has 0 aliphatic carbocycles. The van der Waals surface area contributed by atoms with E-state index in [1.54, 1.807) is 0 Å². The second-order valence-electron chi connectivity index (χ2n) is 6.64. The van der Waals surface area contributed by atoms with Crippen molar-refractivity contribution in [3.63, 3.8) is 0 Å². The van der Waals surface area contributed by atoms with Gasteiger partial charge in [0.2, 0.25) is 6.04 Å². The Morgan fingerprint density at radius 3 is 2.26 bits per heavy atom. The van der Waals surface area contributed by atoms with Crippen LogP contribution in [0.5, 0.6) is 0 Å². The molecule has 112 valence electrons. The van der Waals surface area contributed by atoms with Gasteiger partial charge in [-0.25, -0.2) is 0 Å². The number of nitro groups is 1. The van der Waals surface area contributed by atoms with Crippen LogP contribution in [0.2, 0.25) is 18.1 Å². The van der Waals surface area contributed by atoms with E-state index in [-0.39, 0.29) is 15.9 Å². The lowest BCUT2D eigenvalue weighted by molar-refractivity contribution is -0.530. The Bertz CT molecular complexity index is 321. The first kappa shape index (κ1) is 18.3. The Labute approximate surface area is 118 Å². The summed E-state index contributed by atoms with van der Waals surface area (Å²) in [4.78, 5) is 10.9. The third-order valence-corrected chi connectivity index (χ3v) is 8.59. The van der Waals surface area contributed by atoms with E-state index in [2.05, 4.69) is 33.9 Å². The second-order valence-corrected chi connectivity index (χ2v) is 11.4. The first-order chi connectivity index (χ1) is 8.53. The van der Waals surface area contributed by atoms with Crippen LogP contribution in [0.3, 0.4) is 0 Å². The molecule has 19 heavy (non-hydrogen) atoms. The lowest BCUT2D eigenvalue weighted by atomic mass is 9.99. The molecule has 0 aromatic carbocycles. The number of hydrogen-bond donors (Lipinski definition) is 0. The summed E-state index contributed by atoms with van der Waals surface area (Å²) in [6.07, 6.45) is 4.24. The van der Waals surface area contributed by atoms with Crippen LogP contribution in [-0.2, 0) is 4.43 Å². The maximum atomic E-state index is 11.1. The minimum absolute atomic E-state index is 0.0528. The molecule has 0 saturated heterocycles. The topological polar surface area (TPSA) is 52.4 Å². The Balaban J connectivity index is 4.48. The van der Waals surface area contributed by atoms with Gasteiger partial charge in [-0.15, -0.1) is 0 Å². The zero-order chi connectivity index (χ0) is 15.3. The van der Waals surface area contributed by atoms with Gasteiger partial charge in [0.05, 0.1) is 0 Å². The van der Waals surface area contributed by atoms with E-state index >= 15 is 0 Å². The van der Waals surface area contributed by atoms with Crippen LogP contribution >= 0.6 is 0 Å². The van der Waals surface area contributed by atoms with E-state index in [0.29, 0.717) is 13.0 Å². The summed E-state index contributed by atoms with van der Waals surface area (Å²) in [6, 6.07) is -0.555. The summed E-state index contributed by atoms with van der Waals surface area (Å²) in [7, 11) is -1.80.